The number of anilines is 1. The zero-order valence-electron chi connectivity index (χ0n) is 12.2. The average Bonchev–Trinajstić information content (AvgIpc) is 2.42. The second kappa shape index (κ2) is 6.50. The Bertz CT molecular complexity index is 455. The molecule has 0 saturated carbocycles. The lowest BCUT2D eigenvalue weighted by atomic mass is 9.96. The molecule has 0 radical (unpaired) electrons. The summed E-state index contributed by atoms with van der Waals surface area (Å²) in [5, 5.41) is 0. The van der Waals surface area contributed by atoms with Crippen molar-refractivity contribution in [3.05, 3.63) is 29.3 Å². The molecular weight excluding hydrogens is 260 g/mol. The molecular formula is C15H23F2N3. The molecule has 1 fully saturated rings. The number of nitrogens with zero attached hydrogens (tertiary/aromatic N) is 2. The Hall–Kier alpha value is -1.20. The van der Waals surface area contributed by atoms with Crippen LogP contribution in [-0.2, 0) is 6.54 Å². The fourth-order valence-corrected chi connectivity index (χ4v) is 2.85. The van der Waals surface area contributed by atoms with Crippen molar-refractivity contribution < 1.29 is 8.78 Å². The summed E-state index contributed by atoms with van der Waals surface area (Å²) in [4.78, 5) is 4.11. The maximum Gasteiger partial charge on any atom is 0.182 e. The molecule has 20 heavy (non-hydrogen) atoms. The van der Waals surface area contributed by atoms with E-state index in [0.717, 1.165) is 32.5 Å². The minimum atomic E-state index is -0.805. The molecule has 3 nitrogen and oxygen atoms in total. The Kier molecular flexibility index (Phi) is 4.94. The van der Waals surface area contributed by atoms with E-state index in [1.165, 1.54) is 0 Å². The van der Waals surface area contributed by atoms with E-state index in [2.05, 4.69) is 19.0 Å². The van der Waals surface area contributed by atoms with Gasteiger partial charge in [0.05, 0.1) is 5.69 Å². The van der Waals surface area contributed by atoms with Gasteiger partial charge in [0.25, 0.3) is 0 Å². The second-order valence-electron chi connectivity index (χ2n) is 5.77. The number of halogens is 2. The normalized spacial score (nSPS) is 17.0. The number of nitrogens with two attached hydrogens (primary N) is 1. The Morgan fingerprint density at radius 3 is 2.40 bits per heavy atom. The molecule has 1 aliphatic rings. The van der Waals surface area contributed by atoms with Gasteiger partial charge in [0.15, 0.2) is 11.6 Å². The molecule has 1 aliphatic heterocycles. The van der Waals surface area contributed by atoms with Crippen molar-refractivity contribution >= 4 is 5.69 Å². The van der Waals surface area contributed by atoms with Crippen LogP contribution in [0.15, 0.2) is 12.1 Å². The van der Waals surface area contributed by atoms with Crippen molar-refractivity contribution in [3.63, 3.8) is 0 Å². The summed E-state index contributed by atoms with van der Waals surface area (Å²) < 4.78 is 27.8. The van der Waals surface area contributed by atoms with Gasteiger partial charge < -0.3 is 15.5 Å². The Morgan fingerprint density at radius 1 is 1.20 bits per heavy atom. The fourth-order valence-electron chi connectivity index (χ4n) is 2.85. The number of rotatable bonds is 4. The van der Waals surface area contributed by atoms with Crippen LogP contribution in [0.1, 0.15) is 18.4 Å². The van der Waals surface area contributed by atoms with Gasteiger partial charge in [-0.2, -0.15) is 0 Å². The van der Waals surface area contributed by atoms with Crippen molar-refractivity contribution in [1.82, 2.24) is 4.90 Å². The largest absolute Gasteiger partial charge is 0.369 e. The molecule has 0 atom stereocenters. The third kappa shape index (κ3) is 3.27. The fraction of sp³-hybridized carbons (Fsp3) is 0.600. The van der Waals surface area contributed by atoms with Gasteiger partial charge in [-0.3, -0.25) is 0 Å². The lowest BCUT2D eigenvalue weighted by Gasteiger charge is -2.35. The minimum Gasteiger partial charge on any atom is -0.369 e. The molecule has 112 valence electrons. The highest BCUT2D eigenvalue weighted by Gasteiger charge is 2.23. The minimum absolute atomic E-state index is 0.0218. The van der Waals surface area contributed by atoms with Crippen LogP contribution in [0.3, 0.4) is 0 Å². The van der Waals surface area contributed by atoms with E-state index in [1.54, 1.807) is 12.1 Å². The lowest BCUT2D eigenvalue weighted by Crippen LogP contribution is -2.37. The van der Waals surface area contributed by atoms with Gasteiger partial charge in [0.2, 0.25) is 0 Å². The zero-order chi connectivity index (χ0) is 14.7. The first kappa shape index (κ1) is 15.2. The van der Waals surface area contributed by atoms with Gasteiger partial charge in [0.1, 0.15) is 0 Å². The highest BCUT2D eigenvalue weighted by molar-refractivity contribution is 5.50. The predicted molar refractivity (Wildman–Crippen MR) is 77.7 cm³/mol. The number of piperidine rings is 1. The number of benzene rings is 1. The summed E-state index contributed by atoms with van der Waals surface area (Å²) in [6.07, 6.45) is 2.02. The maximum atomic E-state index is 14.1. The summed E-state index contributed by atoms with van der Waals surface area (Å²) in [5.74, 6) is -0.933. The second-order valence-corrected chi connectivity index (χ2v) is 5.77. The molecule has 5 heteroatoms. The molecule has 1 heterocycles. The summed E-state index contributed by atoms with van der Waals surface area (Å²) >= 11 is 0. The highest BCUT2D eigenvalue weighted by Crippen LogP contribution is 2.28. The van der Waals surface area contributed by atoms with Crippen molar-refractivity contribution in [2.24, 2.45) is 11.7 Å². The van der Waals surface area contributed by atoms with E-state index in [4.69, 9.17) is 5.73 Å². The van der Waals surface area contributed by atoms with Gasteiger partial charge in [-0.05, 0) is 38.9 Å². The highest BCUT2D eigenvalue weighted by atomic mass is 19.2. The van der Waals surface area contributed by atoms with Crippen LogP contribution >= 0.6 is 0 Å². The van der Waals surface area contributed by atoms with Crippen molar-refractivity contribution in [1.29, 1.82) is 0 Å². The smallest absolute Gasteiger partial charge is 0.182 e. The van der Waals surface area contributed by atoms with Gasteiger partial charge in [0, 0.05) is 31.7 Å². The Balaban J connectivity index is 2.06. The predicted octanol–water partition coefficient (Wildman–Crippen LogP) is 2.20. The summed E-state index contributed by atoms with van der Waals surface area (Å²) in [5.41, 5.74) is 5.98. The van der Waals surface area contributed by atoms with Crippen LogP contribution in [0, 0.1) is 17.6 Å². The third-order valence-corrected chi connectivity index (χ3v) is 3.94. The summed E-state index contributed by atoms with van der Waals surface area (Å²) in [6.45, 7) is 2.62. The summed E-state index contributed by atoms with van der Waals surface area (Å²) in [7, 11) is 4.12. The SMILES string of the molecule is CN(C)CC1CCN(c2ccc(CN)c(F)c2F)CC1. The molecule has 0 spiro atoms. The standard InChI is InChI=1S/C15H23F2N3/c1-19(2)10-11-5-7-20(8-6-11)13-4-3-12(9-18)14(16)15(13)17/h3-4,11H,5-10,18H2,1-2H3. The monoisotopic (exact) mass is 283 g/mol. The number of hydrogen-bond donors (Lipinski definition) is 1. The van der Waals surface area contributed by atoms with Crippen LogP contribution < -0.4 is 10.6 Å². The van der Waals surface area contributed by atoms with Crippen LogP contribution in [0.2, 0.25) is 0 Å². The first-order chi connectivity index (χ1) is 9.52. The van der Waals surface area contributed by atoms with Crippen molar-refractivity contribution in [3.8, 4) is 0 Å². The van der Waals surface area contributed by atoms with Crippen molar-refractivity contribution in [2.75, 3.05) is 38.6 Å². The Morgan fingerprint density at radius 2 is 1.85 bits per heavy atom. The Labute approximate surface area is 119 Å². The zero-order valence-corrected chi connectivity index (χ0v) is 12.2. The topological polar surface area (TPSA) is 32.5 Å². The number of hydrogen-bond acceptors (Lipinski definition) is 3. The van der Waals surface area contributed by atoms with Crippen molar-refractivity contribution in [2.45, 2.75) is 19.4 Å². The molecule has 2 rings (SSSR count). The third-order valence-electron chi connectivity index (χ3n) is 3.94. The van der Waals surface area contributed by atoms with E-state index in [9.17, 15) is 8.78 Å². The van der Waals surface area contributed by atoms with E-state index in [-0.39, 0.29) is 12.1 Å². The van der Waals surface area contributed by atoms with Gasteiger partial charge in [-0.25, -0.2) is 8.78 Å². The van der Waals surface area contributed by atoms with E-state index < -0.39 is 11.6 Å². The van der Waals surface area contributed by atoms with Crippen LogP contribution in [-0.4, -0.2) is 38.6 Å². The van der Waals surface area contributed by atoms with Crippen LogP contribution in [0.25, 0.3) is 0 Å². The molecule has 1 aromatic carbocycles. The molecule has 0 unspecified atom stereocenters. The summed E-state index contributed by atoms with van der Waals surface area (Å²) in [6, 6.07) is 3.23. The molecule has 0 aromatic heterocycles. The van der Waals surface area contributed by atoms with Gasteiger partial charge >= 0.3 is 0 Å². The quantitative estimate of drug-likeness (QED) is 0.919. The average molecular weight is 283 g/mol. The van der Waals surface area contributed by atoms with Gasteiger partial charge in [-0.1, -0.05) is 6.07 Å². The van der Waals surface area contributed by atoms with E-state index in [0.29, 0.717) is 11.6 Å². The first-order valence-corrected chi connectivity index (χ1v) is 7.09. The molecule has 0 bridgehead atoms. The molecule has 0 amide bonds. The van der Waals surface area contributed by atoms with Crippen LogP contribution in [0.5, 0.6) is 0 Å². The molecule has 2 N–H and O–H groups in total. The molecule has 0 aliphatic carbocycles. The lowest BCUT2D eigenvalue weighted by molar-refractivity contribution is 0.284. The molecule has 1 aromatic rings. The van der Waals surface area contributed by atoms with Crippen LogP contribution in [0.4, 0.5) is 14.5 Å². The maximum absolute atomic E-state index is 14.1. The molecule has 1 saturated heterocycles. The van der Waals surface area contributed by atoms with E-state index in [1.807, 2.05) is 4.90 Å². The van der Waals surface area contributed by atoms with Gasteiger partial charge in [-0.15, -0.1) is 0 Å². The van der Waals surface area contributed by atoms with E-state index >= 15 is 0 Å². The first-order valence-electron chi connectivity index (χ1n) is 7.09.